The number of benzene rings is 2. The number of anilines is 2. The number of carbonyl (C=O) groups excluding carboxylic acids is 3. The van der Waals surface area contributed by atoms with E-state index in [-0.39, 0.29) is 11.8 Å². The first-order valence-electron chi connectivity index (χ1n) is 10.9. The topological polar surface area (TPSA) is 79.0 Å². The number of methoxy groups -OCH3 is 1. The van der Waals surface area contributed by atoms with Crippen molar-refractivity contribution in [2.45, 2.75) is 18.0 Å². The molecule has 0 bridgehead atoms. The van der Waals surface area contributed by atoms with Crippen molar-refractivity contribution in [2.75, 3.05) is 43.0 Å². The highest BCUT2D eigenvalue weighted by molar-refractivity contribution is 7.98. The van der Waals surface area contributed by atoms with E-state index in [1.54, 1.807) is 36.0 Å². The number of rotatable bonds is 7. The van der Waals surface area contributed by atoms with Gasteiger partial charge >= 0.3 is 5.97 Å². The van der Waals surface area contributed by atoms with Crippen LogP contribution in [0.4, 0.5) is 11.4 Å². The fourth-order valence-electron chi connectivity index (χ4n) is 5.07. The average molecular weight is 468 g/mol. The van der Waals surface area contributed by atoms with Crippen LogP contribution in [0.3, 0.4) is 0 Å². The summed E-state index contributed by atoms with van der Waals surface area (Å²) in [6.07, 6.45) is 2.34. The molecule has 2 aromatic rings. The Morgan fingerprint density at radius 3 is 2.33 bits per heavy atom. The summed E-state index contributed by atoms with van der Waals surface area (Å²) >= 11 is 1.59. The molecule has 1 N–H and O–H groups in total. The van der Waals surface area contributed by atoms with Crippen LogP contribution in [0.1, 0.15) is 18.0 Å². The normalized spacial score (nSPS) is 26.4. The van der Waals surface area contributed by atoms with Gasteiger partial charge in [0.2, 0.25) is 11.8 Å². The van der Waals surface area contributed by atoms with E-state index in [9.17, 15) is 14.4 Å². The molecule has 4 rings (SSSR count). The van der Waals surface area contributed by atoms with E-state index >= 15 is 0 Å². The summed E-state index contributed by atoms with van der Waals surface area (Å²) < 4.78 is 5.20. The van der Waals surface area contributed by atoms with Crippen LogP contribution in [0, 0.1) is 11.8 Å². The Balaban J connectivity index is 1.83. The fraction of sp³-hybridized carbons (Fsp3) is 0.400. The van der Waals surface area contributed by atoms with Crippen molar-refractivity contribution < 1.29 is 19.1 Å². The summed E-state index contributed by atoms with van der Waals surface area (Å²) in [5, 5.41) is 3.42. The third-order valence-electron chi connectivity index (χ3n) is 6.69. The van der Waals surface area contributed by atoms with Crippen molar-refractivity contribution in [2.24, 2.45) is 11.8 Å². The van der Waals surface area contributed by atoms with Gasteiger partial charge in [0.15, 0.2) is 0 Å². The van der Waals surface area contributed by atoms with Crippen molar-refractivity contribution in [1.29, 1.82) is 0 Å². The highest BCUT2D eigenvalue weighted by Crippen LogP contribution is 2.51. The Labute approximate surface area is 198 Å². The number of thioether (sulfide) groups is 1. The molecule has 174 valence electrons. The van der Waals surface area contributed by atoms with Gasteiger partial charge in [-0.3, -0.25) is 19.7 Å². The number of amides is 2. The van der Waals surface area contributed by atoms with Crippen molar-refractivity contribution in [1.82, 2.24) is 5.32 Å². The second kappa shape index (κ2) is 9.19. The van der Waals surface area contributed by atoms with Gasteiger partial charge in [0, 0.05) is 25.8 Å². The van der Waals surface area contributed by atoms with E-state index < -0.39 is 29.4 Å². The summed E-state index contributed by atoms with van der Waals surface area (Å²) in [5.41, 5.74) is 1.13. The lowest BCUT2D eigenvalue weighted by molar-refractivity contribution is -0.152. The van der Waals surface area contributed by atoms with Crippen LogP contribution in [0.2, 0.25) is 0 Å². The molecule has 0 spiro atoms. The zero-order chi connectivity index (χ0) is 23.8. The first-order valence-corrected chi connectivity index (χ1v) is 12.3. The Kier molecular flexibility index (Phi) is 6.50. The van der Waals surface area contributed by atoms with Gasteiger partial charge in [-0.15, -0.1) is 0 Å². The van der Waals surface area contributed by atoms with Crippen LogP contribution >= 0.6 is 11.8 Å². The zero-order valence-electron chi connectivity index (χ0n) is 19.3. The molecule has 0 aliphatic carbocycles. The van der Waals surface area contributed by atoms with Crippen molar-refractivity contribution in [3.05, 3.63) is 60.2 Å². The number of nitrogens with zero attached hydrogens (tertiary/aromatic N) is 2. The first-order chi connectivity index (χ1) is 15.9. The first kappa shape index (κ1) is 23.3. The predicted octanol–water partition coefficient (Wildman–Crippen LogP) is 2.87. The quantitative estimate of drug-likeness (QED) is 0.496. The molecule has 0 unspecified atom stereocenters. The van der Waals surface area contributed by atoms with E-state index in [0.29, 0.717) is 17.9 Å². The maximum atomic E-state index is 13.8. The summed E-state index contributed by atoms with van der Waals surface area (Å²) in [6.45, 7) is 0. The number of fused-ring (bicyclic) bond motifs is 1. The number of ether oxygens (including phenoxy) is 1. The van der Waals surface area contributed by atoms with Gasteiger partial charge in [-0.25, -0.2) is 4.90 Å². The molecule has 7 nitrogen and oxygen atoms in total. The number of esters is 1. The maximum Gasteiger partial charge on any atom is 0.326 e. The molecular formula is C25H29N3O4S. The van der Waals surface area contributed by atoms with Crippen molar-refractivity contribution in [3.63, 3.8) is 0 Å². The average Bonchev–Trinajstić information content (AvgIpc) is 3.32. The number of para-hydroxylation sites is 1. The zero-order valence-corrected chi connectivity index (χ0v) is 20.1. The number of nitrogens with one attached hydrogen (secondary N) is 1. The highest BCUT2D eigenvalue weighted by atomic mass is 32.2. The van der Waals surface area contributed by atoms with Crippen LogP contribution in [0.25, 0.3) is 0 Å². The van der Waals surface area contributed by atoms with Gasteiger partial charge in [-0.1, -0.05) is 30.3 Å². The minimum Gasteiger partial charge on any atom is -0.468 e. The largest absolute Gasteiger partial charge is 0.468 e. The molecule has 2 aliphatic heterocycles. The summed E-state index contributed by atoms with van der Waals surface area (Å²) in [4.78, 5) is 43.9. The van der Waals surface area contributed by atoms with E-state index in [0.717, 1.165) is 11.3 Å². The van der Waals surface area contributed by atoms with E-state index in [4.69, 9.17) is 4.74 Å². The second-order valence-electron chi connectivity index (χ2n) is 8.66. The molecule has 0 saturated carbocycles. The molecule has 2 aliphatic rings. The molecule has 2 saturated heterocycles. The van der Waals surface area contributed by atoms with Crippen LogP contribution in [-0.4, -0.2) is 56.5 Å². The summed E-state index contributed by atoms with van der Waals surface area (Å²) in [6, 6.07) is 16.3. The van der Waals surface area contributed by atoms with Gasteiger partial charge in [0.25, 0.3) is 0 Å². The Morgan fingerprint density at radius 2 is 1.76 bits per heavy atom. The predicted molar refractivity (Wildman–Crippen MR) is 130 cm³/mol. The van der Waals surface area contributed by atoms with E-state index in [1.165, 1.54) is 12.0 Å². The maximum absolute atomic E-state index is 13.8. The molecule has 8 heteroatoms. The monoisotopic (exact) mass is 467 g/mol. The molecule has 2 amide bonds. The smallest absolute Gasteiger partial charge is 0.326 e. The summed E-state index contributed by atoms with van der Waals surface area (Å²) in [7, 11) is 5.25. The lowest BCUT2D eigenvalue weighted by atomic mass is 9.78. The van der Waals surface area contributed by atoms with Crippen LogP contribution in [0.15, 0.2) is 54.6 Å². The van der Waals surface area contributed by atoms with Crippen LogP contribution < -0.4 is 15.1 Å². The molecule has 2 heterocycles. The van der Waals surface area contributed by atoms with Gasteiger partial charge in [0.05, 0.1) is 24.6 Å². The highest BCUT2D eigenvalue weighted by Gasteiger charge is 2.68. The van der Waals surface area contributed by atoms with Gasteiger partial charge in [0.1, 0.15) is 5.54 Å². The number of hydrogen-bond acceptors (Lipinski definition) is 7. The van der Waals surface area contributed by atoms with Crippen molar-refractivity contribution in [3.8, 4) is 0 Å². The molecule has 0 radical (unpaired) electrons. The molecule has 0 aromatic heterocycles. The fourth-order valence-corrected chi connectivity index (χ4v) is 5.59. The second-order valence-corrected chi connectivity index (χ2v) is 9.65. The molecule has 2 fully saturated rings. The van der Waals surface area contributed by atoms with Gasteiger partial charge in [-0.05, 0) is 48.3 Å². The van der Waals surface area contributed by atoms with E-state index in [2.05, 4.69) is 5.32 Å². The minimum absolute atomic E-state index is 0.291. The van der Waals surface area contributed by atoms with Gasteiger partial charge in [-0.2, -0.15) is 11.8 Å². The third kappa shape index (κ3) is 3.81. The summed E-state index contributed by atoms with van der Waals surface area (Å²) in [5.74, 6) is -2.06. The lowest BCUT2D eigenvalue weighted by Gasteiger charge is -2.32. The molecule has 4 atom stereocenters. The van der Waals surface area contributed by atoms with Crippen LogP contribution in [-0.2, 0) is 19.1 Å². The Bertz CT molecular complexity index is 1040. The molecule has 2 aromatic carbocycles. The third-order valence-corrected chi connectivity index (χ3v) is 7.30. The molecular weight excluding hydrogens is 438 g/mol. The molecule has 33 heavy (non-hydrogen) atoms. The Morgan fingerprint density at radius 1 is 1.09 bits per heavy atom. The van der Waals surface area contributed by atoms with Crippen LogP contribution in [0.5, 0.6) is 0 Å². The van der Waals surface area contributed by atoms with Gasteiger partial charge < -0.3 is 9.64 Å². The standard InChI is InChI=1S/C25H29N3O4S/c1-27(2)17-12-10-16(11-13-17)21-19-20(25(26-21,14-15-33-4)24(31)32-3)23(30)28(22(19)29)18-8-6-5-7-9-18/h5-13,19-21,26H,14-15H2,1-4H3/t19-,20-,21+,25-/m0/s1. The lowest BCUT2D eigenvalue weighted by Crippen LogP contribution is -2.56. The minimum atomic E-state index is -1.27. The van der Waals surface area contributed by atoms with E-state index in [1.807, 2.05) is 55.6 Å². The number of hydrogen-bond donors (Lipinski definition) is 1. The number of imide groups is 1. The van der Waals surface area contributed by atoms with Crippen molar-refractivity contribution >= 4 is 40.9 Å². The number of carbonyl (C=O) groups is 3. The SMILES string of the molecule is COC(=O)[C@@]1(CCSC)N[C@H](c2ccc(N(C)C)cc2)[C@H]2C(=O)N(c3ccccc3)C(=O)[C@H]21. The Hall–Kier alpha value is -2.84.